The van der Waals surface area contributed by atoms with Gasteiger partial charge in [-0.25, -0.2) is 9.59 Å². The van der Waals surface area contributed by atoms with E-state index in [9.17, 15) is 19.5 Å². The van der Waals surface area contributed by atoms with Gasteiger partial charge in [-0.15, -0.1) is 0 Å². The minimum atomic E-state index is -1.17. The molecule has 20 heavy (non-hydrogen) atoms. The Morgan fingerprint density at radius 3 is 2.35 bits per heavy atom. The van der Waals surface area contributed by atoms with E-state index in [1.807, 2.05) is 0 Å². The second-order valence-electron chi connectivity index (χ2n) is 5.61. The first-order chi connectivity index (χ1) is 9.52. The van der Waals surface area contributed by atoms with Crippen molar-refractivity contribution in [2.45, 2.75) is 56.5 Å². The molecule has 1 unspecified atom stereocenters. The maximum absolute atomic E-state index is 12.0. The number of nitrogens with one attached hydrogen (secondary N) is 3. The Morgan fingerprint density at radius 1 is 1.20 bits per heavy atom. The Bertz CT molecular complexity index is 402. The average Bonchev–Trinajstić information content (AvgIpc) is 2.64. The van der Waals surface area contributed by atoms with Crippen molar-refractivity contribution in [1.82, 2.24) is 16.0 Å². The summed E-state index contributed by atoms with van der Waals surface area (Å²) in [6.07, 6.45) is 4.76. The minimum absolute atomic E-state index is 0.0993. The average molecular weight is 283 g/mol. The molecule has 0 aromatic carbocycles. The lowest BCUT2D eigenvalue weighted by Crippen LogP contribution is -2.58. The fourth-order valence-electron chi connectivity index (χ4n) is 2.87. The van der Waals surface area contributed by atoms with Gasteiger partial charge in [0.25, 0.3) is 0 Å². The van der Waals surface area contributed by atoms with Crippen LogP contribution in [0.1, 0.15) is 44.9 Å². The molecule has 2 rings (SSSR count). The molecule has 2 fully saturated rings. The van der Waals surface area contributed by atoms with Crippen molar-refractivity contribution in [2.75, 3.05) is 6.54 Å². The second-order valence-corrected chi connectivity index (χ2v) is 5.61. The van der Waals surface area contributed by atoms with Gasteiger partial charge in [0.15, 0.2) is 0 Å². The first-order valence-corrected chi connectivity index (χ1v) is 7.11. The van der Waals surface area contributed by atoms with E-state index in [2.05, 4.69) is 16.0 Å². The number of carboxylic acids is 1. The molecule has 0 bridgehead atoms. The molecule has 4 N–H and O–H groups in total. The Labute approximate surface area is 117 Å². The molecule has 1 aliphatic heterocycles. The van der Waals surface area contributed by atoms with Gasteiger partial charge in [-0.3, -0.25) is 4.79 Å². The van der Waals surface area contributed by atoms with E-state index in [1.165, 1.54) is 0 Å². The molecule has 2 aliphatic rings. The molecule has 1 saturated carbocycles. The molecule has 7 nitrogen and oxygen atoms in total. The van der Waals surface area contributed by atoms with E-state index in [0.29, 0.717) is 19.4 Å². The number of carbonyl (C=O) groups excluding carboxylic acids is 2. The van der Waals surface area contributed by atoms with Crippen molar-refractivity contribution in [3.63, 3.8) is 0 Å². The number of amides is 3. The molecule has 1 saturated heterocycles. The smallest absolute Gasteiger partial charge is 0.329 e. The van der Waals surface area contributed by atoms with Gasteiger partial charge in [0.05, 0.1) is 6.04 Å². The third-order valence-electron chi connectivity index (χ3n) is 4.03. The summed E-state index contributed by atoms with van der Waals surface area (Å²) in [6.45, 7) is 0.395. The van der Waals surface area contributed by atoms with Crippen LogP contribution in [0.4, 0.5) is 4.79 Å². The van der Waals surface area contributed by atoms with Crippen molar-refractivity contribution in [3.8, 4) is 0 Å². The first-order valence-electron chi connectivity index (χ1n) is 7.11. The molecule has 0 aromatic rings. The summed E-state index contributed by atoms with van der Waals surface area (Å²) in [5, 5.41) is 17.4. The Morgan fingerprint density at radius 2 is 1.85 bits per heavy atom. The maximum atomic E-state index is 12.0. The molecule has 1 atom stereocenters. The second kappa shape index (κ2) is 6.11. The fraction of sp³-hybridized carbons (Fsp3) is 0.769. The highest BCUT2D eigenvalue weighted by atomic mass is 16.4. The highest BCUT2D eigenvalue weighted by molar-refractivity contribution is 5.87. The van der Waals surface area contributed by atoms with E-state index in [-0.39, 0.29) is 18.4 Å². The third kappa shape index (κ3) is 3.40. The SMILES string of the molecule is O=C1CC(NC(=O)NC2(C(=O)O)CCCCCC2)CN1. The third-order valence-corrected chi connectivity index (χ3v) is 4.03. The van der Waals surface area contributed by atoms with Crippen molar-refractivity contribution < 1.29 is 19.5 Å². The highest BCUT2D eigenvalue weighted by Gasteiger charge is 2.40. The Kier molecular flexibility index (Phi) is 4.46. The lowest BCUT2D eigenvalue weighted by molar-refractivity contribution is -0.145. The summed E-state index contributed by atoms with van der Waals surface area (Å²) in [4.78, 5) is 34.6. The number of hydrogen-bond donors (Lipinski definition) is 4. The van der Waals surface area contributed by atoms with Gasteiger partial charge in [-0.2, -0.15) is 0 Å². The van der Waals surface area contributed by atoms with Crippen LogP contribution < -0.4 is 16.0 Å². The number of hydrogen-bond acceptors (Lipinski definition) is 3. The van der Waals surface area contributed by atoms with Gasteiger partial charge in [0.1, 0.15) is 5.54 Å². The number of rotatable bonds is 3. The van der Waals surface area contributed by atoms with Crippen LogP contribution in [0, 0.1) is 0 Å². The number of urea groups is 1. The van der Waals surface area contributed by atoms with Crippen LogP contribution in [-0.2, 0) is 9.59 Å². The predicted octanol–water partition coefficient (Wildman–Crippen LogP) is 0.352. The summed E-state index contributed by atoms with van der Waals surface area (Å²) in [5.74, 6) is -1.08. The van der Waals surface area contributed by atoms with Crippen LogP contribution in [-0.4, -0.2) is 41.1 Å². The van der Waals surface area contributed by atoms with Gasteiger partial charge in [-0.05, 0) is 12.8 Å². The molecule has 0 aromatic heterocycles. The first kappa shape index (κ1) is 14.6. The van der Waals surface area contributed by atoms with Crippen LogP contribution in [0.3, 0.4) is 0 Å². The molecular weight excluding hydrogens is 262 g/mol. The molecule has 1 aliphatic carbocycles. The fourth-order valence-corrected chi connectivity index (χ4v) is 2.87. The molecular formula is C13H21N3O4. The molecule has 1 heterocycles. The largest absolute Gasteiger partial charge is 0.480 e. The van der Waals surface area contributed by atoms with Gasteiger partial charge in [0.2, 0.25) is 5.91 Å². The van der Waals surface area contributed by atoms with E-state index < -0.39 is 17.5 Å². The standard InChI is InChI=1S/C13H21N3O4/c17-10-7-9(8-14-10)15-12(20)16-13(11(18)19)5-3-1-2-4-6-13/h9H,1-8H2,(H,14,17)(H,18,19)(H2,15,16,20). The van der Waals surface area contributed by atoms with E-state index in [0.717, 1.165) is 25.7 Å². The zero-order chi connectivity index (χ0) is 14.6. The molecule has 7 heteroatoms. The monoisotopic (exact) mass is 283 g/mol. The van der Waals surface area contributed by atoms with Crippen molar-refractivity contribution >= 4 is 17.9 Å². The lowest BCUT2D eigenvalue weighted by Gasteiger charge is -2.29. The molecule has 3 amide bonds. The van der Waals surface area contributed by atoms with Gasteiger partial charge < -0.3 is 21.1 Å². The topological polar surface area (TPSA) is 108 Å². The predicted molar refractivity (Wildman–Crippen MR) is 71.2 cm³/mol. The van der Waals surface area contributed by atoms with Crippen LogP contribution >= 0.6 is 0 Å². The van der Waals surface area contributed by atoms with Gasteiger partial charge >= 0.3 is 12.0 Å². The number of carbonyl (C=O) groups is 3. The number of aliphatic carboxylic acids is 1. The van der Waals surface area contributed by atoms with Crippen molar-refractivity contribution in [2.24, 2.45) is 0 Å². The van der Waals surface area contributed by atoms with Gasteiger partial charge in [0, 0.05) is 13.0 Å². The van der Waals surface area contributed by atoms with E-state index >= 15 is 0 Å². The zero-order valence-electron chi connectivity index (χ0n) is 11.4. The molecule has 0 spiro atoms. The Balaban J connectivity index is 1.95. The van der Waals surface area contributed by atoms with Crippen molar-refractivity contribution in [1.29, 1.82) is 0 Å². The minimum Gasteiger partial charge on any atom is -0.480 e. The lowest BCUT2D eigenvalue weighted by atomic mass is 9.90. The van der Waals surface area contributed by atoms with Gasteiger partial charge in [-0.1, -0.05) is 25.7 Å². The highest BCUT2D eigenvalue weighted by Crippen LogP contribution is 2.27. The zero-order valence-corrected chi connectivity index (χ0v) is 11.4. The van der Waals surface area contributed by atoms with Crippen molar-refractivity contribution in [3.05, 3.63) is 0 Å². The van der Waals surface area contributed by atoms with Crippen LogP contribution in [0.25, 0.3) is 0 Å². The summed E-state index contributed by atoms with van der Waals surface area (Å²) in [6, 6.07) is -0.769. The summed E-state index contributed by atoms with van der Waals surface area (Å²) < 4.78 is 0. The normalized spacial score (nSPS) is 25.4. The number of carboxylic acid groups (broad SMARTS) is 1. The summed E-state index contributed by atoms with van der Waals surface area (Å²) in [7, 11) is 0. The maximum Gasteiger partial charge on any atom is 0.329 e. The summed E-state index contributed by atoms with van der Waals surface area (Å²) >= 11 is 0. The van der Waals surface area contributed by atoms with Crippen LogP contribution in [0.15, 0.2) is 0 Å². The van der Waals surface area contributed by atoms with E-state index in [1.54, 1.807) is 0 Å². The van der Waals surface area contributed by atoms with E-state index in [4.69, 9.17) is 0 Å². The molecule has 0 radical (unpaired) electrons. The summed E-state index contributed by atoms with van der Waals surface area (Å²) in [5.41, 5.74) is -1.17. The van der Waals surface area contributed by atoms with Crippen LogP contribution in [0.5, 0.6) is 0 Å². The molecule has 112 valence electrons. The quantitative estimate of drug-likeness (QED) is 0.561. The van der Waals surface area contributed by atoms with Crippen LogP contribution in [0.2, 0.25) is 0 Å². The Hall–Kier alpha value is -1.79.